The highest BCUT2D eigenvalue weighted by molar-refractivity contribution is 7.07. The zero-order chi connectivity index (χ0) is 26.7. The minimum Gasteiger partial charge on any atom is -0.378 e. The van der Waals surface area contributed by atoms with Crippen molar-refractivity contribution < 1.29 is 4.79 Å². The Hall–Kier alpha value is -4.37. The maximum absolute atomic E-state index is 13.8. The van der Waals surface area contributed by atoms with Crippen molar-refractivity contribution in [2.75, 3.05) is 38.5 Å². The molecule has 38 heavy (non-hydrogen) atoms. The number of rotatable bonds is 4. The van der Waals surface area contributed by atoms with E-state index in [0.717, 1.165) is 22.4 Å². The Kier molecular flexibility index (Phi) is 5.43. The first-order chi connectivity index (χ1) is 18.3. The molecule has 192 valence electrons. The van der Waals surface area contributed by atoms with E-state index in [4.69, 9.17) is 4.99 Å². The number of hydrogen-bond acceptors (Lipinski definition) is 6. The molecule has 6 rings (SSSR count). The van der Waals surface area contributed by atoms with Crippen LogP contribution in [0.2, 0.25) is 0 Å². The molecule has 0 saturated carbocycles. The molecule has 2 amide bonds. The van der Waals surface area contributed by atoms with Gasteiger partial charge >= 0.3 is 6.03 Å². The van der Waals surface area contributed by atoms with E-state index < -0.39 is 11.3 Å². The molecule has 0 radical (unpaired) electrons. The van der Waals surface area contributed by atoms with Gasteiger partial charge in [-0.1, -0.05) is 84.1 Å². The standard InChI is InChI=1S/C29H28N6O2S/c1-32(2)23-17-15-20(16-18-23)19-24-25(36)35-26(38-24)30-28(21-11-7-5-8-12-21)29(31-35,22-13-9-6-10-14-22)34(4)27(37)33(28)3/h5-19,31H,1-4H3/b24-19-/t28-,29-/m1/s1. The van der Waals surface area contributed by atoms with Crippen LogP contribution in [-0.2, 0) is 11.3 Å². The highest BCUT2D eigenvalue weighted by Crippen LogP contribution is 2.53. The van der Waals surface area contributed by atoms with E-state index in [1.165, 1.54) is 16.0 Å². The third-order valence-corrected chi connectivity index (χ3v) is 8.45. The summed E-state index contributed by atoms with van der Waals surface area (Å²) >= 11 is 1.31. The molecule has 1 aromatic heterocycles. The first-order valence-electron chi connectivity index (χ1n) is 12.3. The van der Waals surface area contributed by atoms with E-state index in [2.05, 4.69) is 5.43 Å². The maximum atomic E-state index is 13.8. The summed E-state index contributed by atoms with van der Waals surface area (Å²) in [6.45, 7) is 0. The van der Waals surface area contributed by atoms with E-state index in [9.17, 15) is 9.59 Å². The topological polar surface area (TPSA) is 73.2 Å². The number of nitrogens with one attached hydrogen (secondary N) is 1. The summed E-state index contributed by atoms with van der Waals surface area (Å²) < 4.78 is 2.04. The van der Waals surface area contributed by atoms with Crippen LogP contribution in [0.5, 0.6) is 0 Å². The van der Waals surface area contributed by atoms with E-state index in [1.54, 1.807) is 23.9 Å². The van der Waals surface area contributed by atoms with Gasteiger partial charge in [-0.2, -0.15) is 4.68 Å². The molecule has 4 aromatic rings. The Labute approximate surface area is 224 Å². The fraction of sp³-hybridized carbons (Fsp3) is 0.207. The number of thiazole rings is 1. The largest absolute Gasteiger partial charge is 0.378 e. The van der Waals surface area contributed by atoms with E-state index in [1.807, 2.05) is 110 Å². The van der Waals surface area contributed by atoms with Crippen LogP contribution < -0.4 is 25.2 Å². The van der Waals surface area contributed by atoms with Crippen molar-refractivity contribution in [1.29, 1.82) is 0 Å². The molecule has 9 heteroatoms. The number of fused-ring (bicyclic) bond motifs is 2. The molecule has 8 nitrogen and oxygen atoms in total. The van der Waals surface area contributed by atoms with Gasteiger partial charge in [0.2, 0.25) is 16.1 Å². The smallest absolute Gasteiger partial charge is 0.324 e. The number of urea groups is 1. The third-order valence-electron chi connectivity index (χ3n) is 7.48. The lowest BCUT2D eigenvalue weighted by Gasteiger charge is -2.49. The van der Waals surface area contributed by atoms with Crippen LogP contribution in [0.3, 0.4) is 0 Å². The molecule has 0 aliphatic carbocycles. The molecule has 2 aliphatic heterocycles. The number of carbonyl (C=O) groups is 1. The van der Waals surface area contributed by atoms with Gasteiger partial charge in [0.05, 0.1) is 4.53 Å². The van der Waals surface area contributed by atoms with Gasteiger partial charge in [0, 0.05) is 45.0 Å². The lowest BCUT2D eigenvalue weighted by atomic mass is 9.80. The van der Waals surface area contributed by atoms with Crippen LogP contribution in [0, 0.1) is 0 Å². The van der Waals surface area contributed by atoms with Crippen molar-refractivity contribution >= 4 is 29.1 Å². The number of hydrogen-bond donors (Lipinski definition) is 1. The molecule has 0 unspecified atom stereocenters. The Morgan fingerprint density at radius 2 is 1.45 bits per heavy atom. The highest BCUT2D eigenvalue weighted by atomic mass is 32.1. The summed E-state index contributed by atoms with van der Waals surface area (Å²) in [7, 11) is 7.50. The Morgan fingerprint density at radius 1 is 0.842 bits per heavy atom. The molecule has 3 heterocycles. The third kappa shape index (κ3) is 3.18. The average Bonchev–Trinajstić information content (AvgIpc) is 3.33. The second-order valence-electron chi connectivity index (χ2n) is 9.76. The van der Waals surface area contributed by atoms with Gasteiger partial charge < -0.3 is 4.90 Å². The summed E-state index contributed by atoms with van der Waals surface area (Å²) in [5.41, 5.74) is 4.61. The van der Waals surface area contributed by atoms with Crippen LogP contribution in [0.1, 0.15) is 16.7 Å². The second-order valence-corrected chi connectivity index (χ2v) is 10.8. The zero-order valence-electron chi connectivity index (χ0n) is 21.6. The van der Waals surface area contributed by atoms with Crippen molar-refractivity contribution in [3.05, 3.63) is 121 Å². The predicted octanol–water partition coefficient (Wildman–Crippen LogP) is 2.68. The highest BCUT2D eigenvalue weighted by Gasteiger charge is 2.69. The fourth-order valence-electron chi connectivity index (χ4n) is 5.54. The lowest BCUT2D eigenvalue weighted by Crippen LogP contribution is -2.67. The minimum atomic E-state index is -1.18. The van der Waals surface area contributed by atoms with E-state index in [-0.39, 0.29) is 11.6 Å². The summed E-state index contributed by atoms with van der Waals surface area (Å²) in [5.74, 6) is 0. The molecule has 1 saturated heterocycles. The summed E-state index contributed by atoms with van der Waals surface area (Å²) in [6, 6.07) is 27.3. The van der Waals surface area contributed by atoms with Crippen LogP contribution in [0.25, 0.3) is 6.08 Å². The number of likely N-dealkylation sites (N-methyl/N-ethyl adjacent to an activating group) is 2. The lowest BCUT2D eigenvalue weighted by molar-refractivity contribution is 0.0648. The SMILES string of the molecule is CN(C)c1ccc(/C=c2\sc3n(c2=O)N[C@]2(c4ccccc4)N(C)C(=O)N(C)[C@@]2(c2ccccc2)N=3)cc1. The Morgan fingerprint density at radius 3 is 2.05 bits per heavy atom. The fourth-order valence-corrected chi connectivity index (χ4v) is 6.50. The number of carbonyl (C=O) groups excluding carboxylic acids is 1. The van der Waals surface area contributed by atoms with Crippen LogP contribution in [-0.4, -0.2) is 48.7 Å². The van der Waals surface area contributed by atoms with Gasteiger partial charge in [-0.05, 0) is 23.8 Å². The second kappa shape index (κ2) is 8.59. The summed E-state index contributed by atoms with van der Waals surface area (Å²) in [6.07, 6.45) is 1.88. The number of aromatic nitrogens is 1. The number of nitrogens with zero attached hydrogens (tertiary/aromatic N) is 5. The Balaban J connectivity index is 1.64. The van der Waals surface area contributed by atoms with Gasteiger partial charge in [-0.3, -0.25) is 20.0 Å². The molecule has 0 bridgehead atoms. The normalized spacial score (nSPS) is 22.5. The van der Waals surface area contributed by atoms with Gasteiger partial charge in [-0.15, -0.1) is 0 Å². The van der Waals surface area contributed by atoms with Gasteiger partial charge in [0.25, 0.3) is 5.56 Å². The molecular weight excluding hydrogens is 496 g/mol. The summed E-state index contributed by atoms with van der Waals surface area (Å²) in [5, 5.41) is 0. The van der Waals surface area contributed by atoms with Crippen molar-refractivity contribution in [3.8, 4) is 0 Å². The average molecular weight is 525 g/mol. The van der Waals surface area contributed by atoms with Gasteiger partial charge in [0.15, 0.2) is 0 Å². The first-order valence-corrected chi connectivity index (χ1v) is 13.1. The molecular formula is C29H28N6O2S. The monoisotopic (exact) mass is 524 g/mol. The molecule has 2 aliphatic rings. The Bertz CT molecular complexity index is 1700. The molecule has 1 N–H and O–H groups in total. The maximum Gasteiger partial charge on any atom is 0.324 e. The minimum absolute atomic E-state index is 0.204. The van der Waals surface area contributed by atoms with E-state index >= 15 is 0 Å². The van der Waals surface area contributed by atoms with E-state index in [0.29, 0.717) is 9.33 Å². The molecule has 1 fully saturated rings. The zero-order valence-corrected chi connectivity index (χ0v) is 22.4. The first kappa shape index (κ1) is 24.0. The van der Waals surface area contributed by atoms with Crippen molar-refractivity contribution in [1.82, 2.24) is 14.5 Å². The van der Waals surface area contributed by atoms with Gasteiger partial charge in [-0.25, -0.2) is 9.79 Å². The van der Waals surface area contributed by atoms with Crippen molar-refractivity contribution in [2.45, 2.75) is 11.3 Å². The van der Waals surface area contributed by atoms with Crippen LogP contribution >= 0.6 is 11.3 Å². The molecule has 3 aromatic carbocycles. The molecule has 2 atom stereocenters. The van der Waals surface area contributed by atoms with Crippen LogP contribution in [0.15, 0.2) is 94.7 Å². The van der Waals surface area contributed by atoms with Gasteiger partial charge in [0.1, 0.15) is 0 Å². The molecule has 0 spiro atoms. The number of amides is 2. The van der Waals surface area contributed by atoms with Crippen molar-refractivity contribution in [3.63, 3.8) is 0 Å². The number of benzene rings is 3. The van der Waals surface area contributed by atoms with Crippen LogP contribution in [0.4, 0.5) is 10.5 Å². The summed E-state index contributed by atoms with van der Waals surface area (Å²) in [4.78, 5) is 38.5. The van der Waals surface area contributed by atoms with Crippen molar-refractivity contribution in [2.24, 2.45) is 4.99 Å². The number of anilines is 1. The predicted molar refractivity (Wildman–Crippen MR) is 150 cm³/mol. The quantitative estimate of drug-likeness (QED) is 0.446.